The van der Waals surface area contributed by atoms with Crippen LogP contribution in [0.25, 0.3) is 53.2 Å². The van der Waals surface area contributed by atoms with E-state index in [0.29, 0.717) is 0 Å². The standard InChI is InChI=1S/C35H18Br2N2OS/c36-25-17-23-31(33-29(25)21-5-1-3-7-27(21)40-33)32-24(18-26(37)30-22-6-2-4-8-28(22)41-34(30)32)35(23,19-9-13-38-14-10-19)20-11-15-39-16-12-20/h1-18H. The summed E-state index contributed by atoms with van der Waals surface area (Å²) in [6.45, 7) is 0. The number of thiophene rings is 1. The molecule has 9 rings (SSSR count). The maximum Gasteiger partial charge on any atom is 0.144 e. The van der Waals surface area contributed by atoms with Gasteiger partial charge in [-0.2, -0.15) is 0 Å². The van der Waals surface area contributed by atoms with Gasteiger partial charge in [-0.25, -0.2) is 0 Å². The van der Waals surface area contributed by atoms with Crippen LogP contribution in [0.4, 0.5) is 0 Å². The van der Waals surface area contributed by atoms with Crippen LogP contribution in [0.3, 0.4) is 0 Å². The van der Waals surface area contributed by atoms with Gasteiger partial charge >= 0.3 is 0 Å². The number of nitrogens with zero attached hydrogens (tertiary/aromatic N) is 2. The summed E-state index contributed by atoms with van der Waals surface area (Å²) in [6, 6.07) is 30.2. The molecule has 41 heavy (non-hydrogen) atoms. The molecule has 0 N–H and O–H groups in total. The predicted molar refractivity (Wildman–Crippen MR) is 175 cm³/mol. The quantitative estimate of drug-likeness (QED) is 0.183. The third-order valence-electron chi connectivity index (χ3n) is 8.49. The molecular formula is C35H18Br2N2OS. The van der Waals surface area contributed by atoms with E-state index in [1.165, 1.54) is 36.9 Å². The molecule has 6 heteroatoms. The summed E-state index contributed by atoms with van der Waals surface area (Å²) in [5.74, 6) is 0. The zero-order valence-corrected chi connectivity index (χ0v) is 25.3. The number of rotatable bonds is 2. The smallest absolute Gasteiger partial charge is 0.144 e. The van der Waals surface area contributed by atoms with Crippen molar-refractivity contribution in [2.45, 2.75) is 5.41 Å². The highest BCUT2D eigenvalue weighted by molar-refractivity contribution is 9.11. The number of benzene rings is 4. The van der Waals surface area contributed by atoms with E-state index in [0.717, 1.165) is 47.6 Å². The first-order chi connectivity index (χ1) is 20.2. The van der Waals surface area contributed by atoms with E-state index in [1.54, 1.807) is 0 Å². The maximum absolute atomic E-state index is 6.79. The van der Waals surface area contributed by atoms with Crippen LogP contribution >= 0.6 is 43.2 Å². The molecule has 8 aromatic rings. The molecule has 1 aliphatic rings. The molecule has 4 heterocycles. The molecule has 0 fully saturated rings. The maximum atomic E-state index is 6.79. The van der Waals surface area contributed by atoms with Crippen LogP contribution in [0.2, 0.25) is 0 Å². The largest absolute Gasteiger partial charge is 0.455 e. The number of pyridine rings is 2. The Bertz CT molecular complexity index is 2180. The Morgan fingerprint density at radius 1 is 0.634 bits per heavy atom. The molecule has 4 aromatic heterocycles. The average Bonchev–Trinajstić information content (AvgIpc) is 3.67. The Morgan fingerprint density at radius 2 is 1.22 bits per heavy atom. The molecule has 1 aliphatic carbocycles. The van der Waals surface area contributed by atoms with Gasteiger partial charge in [0, 0.05) is 75.8 Å². The topological polar surface area (TPSA) is 38.9 Å². The van der Waals surface area contributed by atoms with Crippen molar-refractivity contribution in [3.05, 3.63) is 141 Å². The van der Waals surface area contributed by atoms with E-state index in [4.69, 9.17) is 4.42 Å². The van der Waals surface area contributed by atoms with Gasteiger partial charge in [0.1, 0.15) is 11.2 Å². The first kappa shape index (κ1) is 23.8. The summed E-state index contributed by atoms with van der Waals surface area (Å²) in [5, 5.41) is 4.70. The number of halogens is 2. The van der Waals surface area contributed by atoms with Gasteiger partial charge in [-0.1, -0.05) is 68.3 Å². The molecule has 0 saturated heterocycles. The highest BCUT2D eigenvalue weighted by Gasteiger charge is 2.49. The minimum Gasteiger partial charge on any atom is -0.455 e. The zero-order valence-electron chi connectivity index (χ0n) is 21.4. The highest BCUT2D eigenvalue weighted by atomic mass is 79.9. The second-order valence-corrected chi connectivity index (χ2v) is 13.1. The van der Waals surface area contributed by atoms with E-state index in [9.17, 15) is 0 Å². The molecule has 0 spiro atoms. The van der Waals surface area contributed by atoms with Crippen LogP contribution in [-0.4, -0.2) is 9.97 Å². The molecule has 0 bridgehead atoms. The van der Waals surface area contributed by atoms with Crippen molar-refractivity contribution in [1.82, 2.24) is 9.97 Å². The predicted octanol–water partition coefficient (Wildman–Crippen LogP) is 10.6. The molecule has 4 aromatic carbocycles. The normalized spacial score (nSPS) is 13.8. The lowest BCUT2D eigenvalue weighted by molar-refractivity contribution is 0.668. The van der Waals surface area contributed by atoms with Crippen LogP contribution in [0.5, 0.6) is 0 Å². The molecule has 0 amide bonds. The van der Waals surface area contributed by atoms with Crippen molar-refractivity contribution in [2.24, 2.45) is 0 Å². The van der Waals surface area contributed by atoms with Crippen molar-refractivity contribution in [3.63, 3.8) is 0 Å². The zero-order chi connectivity index (χ0) is 27.3. The summed E-state index contributed by atoms with van der Waals surface area (Å²) in [5.41, 5.74) is 8.24. The van der Waals surface area contributed by atoms with Crippen LogP contribution in [0, 0.1) is 0 Å². The molecule has 0 saturated carbocycles. The van der Waals surface area contributed by atoms with Crippen molar-refractivity contribution in [1.29, 1.82) is 0 Å². The lowest BCUT2D eigenvalue weighted by Crippen LogP contribution is -2.28. The molecule has 194 valence electrons. The van der Waals surface area contributed by atoms with Crippen molar-refractivity contribution < 1.29 is 4.42 Å². The number of fused-ring (bicyclic) bond motifs is 11. The summed E-state index contributed by atoms with van der Waals surface area (Å²) < 4.78 is 11.4. The molecular weight excluding hydrogens is 656 g/mol. The van der Waals surface area contributed by atoms with Gasteiger partial charge in [0.05, 0.1) is 5.41 Å². The van der Waals surface area contributed by atoms with Crippen LogP contribution < -0.4 is 0 Å². The second kappa shape index (κ2) is 8.58. The monoisotopic (exact) mass is 672 g/mol. The van der Waals surface area contributed by atoms with Crippen molar-refractivity contribution in [2.75, 3.05) is 0 Å². The van der Waals surface area contributed by atoms with Gasteiger partial charge in [-0.3, -0.25) is 9.97 Å². The first-order valence-corrected chi connectivity index (χ1v) is 15.7. The molecule has 0 aliphatic heterocycles. The second-order valence-electron chi connectivity index (χ2n) is 10.4. The van der Waals surface area contributed by atoms with Gasteiger partial charge in [0.25, 0.3) is 0 Å². The minimum absolute atomic E-state index is 0.612. The van der Waals surface area contributed by atoms with E-state index in [1.807, 2.05) is 42.2 Å². The van der Waals surface area contributed by atoms with Gasteiger partial charge < -0.3 is 4.42 Å². The molecule has 0 unspecified atom stereocenters. The summed E-state index contributed by atoms with van der Waals surface area (Å²) in [6.07, 6.45) is 7.55. The molecule has 0 atom stereocenters. The molecule has 0 radical (unpaired) electrons. The van der Waals surface area contributed by atoms with E-state index in [-0.39, 0.29) is 0 Å². The fourth-order valence-electron chi connectivity index (χ4n) is 6.93. The van der Waals surface area contributed by atoms with Gasteiger partial charge in [0.2, 0.25) is 0 Å². The summed E-state index contributed by atoms with van der Waals surface area (Å²) >= 11 is 9.87. The molecule has 3 nitrogen and oxygen atoms in total. The van der Waals surface area contributed by atoms with Gasteiger partial charge in [-0.05, 0) is 70.8 Å². The van der Waals surface area contributed by atoms with Crippen LogP contribution in [0.1, 0.15) is 22.3 Å². The Labute approximate surface area is 255 Å². The average molecular weight is 674 g/mol. The van der Waals surface area contributed by atoms with Crippen LogP contribution in [-0.2, 0) is 5.41 Å². The first-order valence-electron chi connectivity index (χ1n) is 13.3. The van der Waals surface area contributed by atoms with Gasteiger partial charge in [-0.15, -0.1) is 11.3 Å². The summed E-state index contributed by atoms with van der Waals surface area (Å²) in [7, 11) is 0. The van der Waals surface area contributed by atoms with Crippen molar-refractivity contribution in [3.8, 4) is 11.1 Å². The number of hydrogen-bond donors (Lipinski definition) is 0. The third kappa shape index (κ3) is 3.02. The number of para-hydroxylation sites is 1. The lowest BCUT2D eigenvalue weighted by atomic mass is 9.68. The lowest BCUT2D eigenvalue weighted by Gasteiger charge is -2.33. The third-order valence-corrected chi connectivity index (χ3v) is 10.9. The van der Waals surface area contributed by atoms with E-state index >= 15 is 0 Å². The highest BCUT2D eigenvalue weighted by Crippen LogP contribution is 2.62. The van der Waals surface area contributed by atoms with E-state index < -0.39 is 5.41 Å². The van der Waals surface area contributed by atoms with Crippen LogP contribution in [0.15, 0.2) is 123 Å². The number of hydrogen-bond acceptors (Lipinski definition) is 4. The number of aromatic nitrogens is 2. The fourth-order valence-corrected chi connectivity index (χ4v) is 9.61. The Morgan fingerprint density at radius 3 is 1.93 bits per heavy atom. The Balaban J connectivity index is 1.59. The van der Waals surface area contributed by atoms with Gasteiger partial charge in [0.15, 0.2) is 0 Å². The van der Waals surface area contributed by atoms with E-state index in [2.05, 4.69) is 121 Å². The SMILES string of the molecule is Brc1cc2c(c3oc4ccccc4c13)-c1c(cc(Br)c3c1sc1ccccc13)C2(c1ccncc1)c1ccncc1. The number of furan rings is 1. The fraction of sp³-hybridized carbons (Fsp3) is 0.0286. The summed E-state index contributed by atoms with van der Waals surface area (Å²) in [4.78, 5) is 8.80. The minimum atomic E-state index is -0.612. The Hall–Kier alpha value is -3.84. The van der Waals surface area contributed by atoms with Crippen molar-refractivity contribution >= 4 is 85.3 Å². The Kier molecular flexibility index (Phi) is 4.99.